The van der Waals surface area contributed by atoms with Gasteiger partial charge < -0.3 is 15.4 Å². The minimum absolute atomic E-state index is 0.493. The largest absolute Gasteiger partial charge is 0.496 e. The first-order chi connectivity index (χ1) is 13.2. The third kappa shape index (κ3) is 4.89. The summed E-state index contributed by atoms with van der Waals surface area (Å²) in [6, 6.07) is 15.7. The minimum atomic E-state index is 0.493. The maximum absolute atomic E-state index is 6.03. The van der Waals surface area contributed by atoms with E-state index in [1.54, 1.807) is 13.2 Å². The highest BCUT2D eigenvalue weighted by molar-refractivity contribution is 6.30. The van der Waals surface area contributed by atoms with Gasteiger partial charge in [0.25, 0.3) is 0 Å². The number of para-hydroxylation sites is 1. The zero-order valence-corrected chi connectivity index (χ0v) is 16.3. The van der Waals surface area contributed by atoms with Crippen molar-refractivity contribution in [3.8, 4) is 5.75 Å². The molecule has 140 valence electrons. The lowest BCUT2D eigenvalue weighted by Crippen LogP contribution is -2.36. The molecule has 5 nitrogen and oxygen atoms in total. The molecule has 0 unspecified atom stereocenters. The van der Waals surface area contributed by atoms with Crippen LogP contribution in [-0.2, 0) is 13.1 Å². The number of benzene rings is 2. The molecule has 2 aromatic carbocycles. The zero-order valence-electron chi connectivity index (χ0n) is 15.5. The second-order valence-electron chi connectivity index (χ2n) is 5.99. The predicted octanol–water partition coefficient (Wildman–Crippen LogP) is 4.15. The Morgan fingerprint density at radius 1 is 1.11 bits per heavy atom. The van der Waals surface area contributed by atoms with Gasteiger partial charge in [-0.05, 0) is 36.8 Å². The van der Waals surface area contributed by atoms with Crippen LogP contribution in [0.2, 0.25) is 5.02 Å². The summed E-state index contributed by atoms with van der Waals surface area (Å²) in [6.07, 6.45) is 1.84. The van der Waals surface area contributed by atoms with E-state index in [9.17, 15) is 0 Å². The van der Waals surface area contributed by atoms with Gasteiger partial charge in [0, 0.05) is 35.3 Å². The lowest BCUT2D eigenvalue weighted by molar-refractivity contribution is 0.410. The standard InChI is InChI=1S/C21H23ClN4O/c1-3-23-21(26-14-16-8-9-17(22)12-20(16)27-2)25-13-15-10-11-24-19-7-5-4-6-18(15)19/h4-12H,3,13-14H2,1-2H3,(H2,23,25,26). The highest BCUT2D eigenvalue weighted by Crippen LogP contribution is 2.23. The van der Waals surface area contributed by atoms with E-state index in [1.807, 2.05) is 49.5 Å². The molecule has 0 aliphatic heterocycles. The summed E-state index contributed by atoms with van der Waals surface area (Å²) in [5.41, 5.74) is 3.15. The first kappa shape index (κ1) is 19.0. The van der Waals surface area contributed by atoms with E-state index in [1.165, 1.54) is 5.56 Å². The van der Waals surface area contributed by atoms with E-state index in [-0.39, 0.29) is 0 Å². The summed E-state index contributed by atoms with van der Waals surface area (Å²) in [5.74, 6) is 1.48. The van der Waals surface area contributed by atoms with Gasteiger partial charge in [-0.15, -0.1) is 0 Å². The molecule has 1 aromatic heterocycles. The SMILES string of the molecule is CCNC(=NCc1ccc(Cl)cc1OC)NCc1ccnc2ccccc12. The van der Waals surface area contributed by atoms with Crippen molar-refractivity contribution in [1.29, 1.82) is 0 Å². The Kier molecular flexibility index (Phi) is 6.49. The maximum Gasteiger partial charge on any atom is 0.191 e. The Labute approximate surface area is 164 Å². The molecular weight excluding hydrogens is 360 g/mol. The second-order valence-corrected chi connectivity index (χ2v) is 6.43. The number of hydrogen-bond acceptors (Lipinski definition) is 3. The number of fused-ring (bicyclic) bond motifs is 1. The van der Waals surface area contributed by atoms with Gasteiger partial charge in [0.05, 0.1) is 19.2 Å². The summed E-state index contributed by atoms with van der Waals surface area (Å²) in [7, 11) is 1.64. The summed E-state index contributed by atoms with van der Waals surface area (Å²) >= 11 is 6.03. The number of rotatable bonds is 6. The quantitative estimate of drug-likeness (QED) is 0.496. The molecule has 1 heterocycles. The van der Waals surface area contributed by atoms with Crippen LogP contribution in [0, 0.1) is 0 Å². The van der Waals surface area contributed by atoms with Crippen LogP contribution < -0.4 is 15.4 Å². The fourth-order valence-electron chi connectivity index (χ4n) is 2.84. The van der Waals surface area contributed by atoms with Crippen LogP contribution in [0.4, 0.5) is 0 Å². The fraction of sp³-hybridized carbons (Fsp3) is 0.238. The molecule has 27 heavy (non-hydrogen) atoms. The lowest BCUT2D eigenvalue weighted by atomic mass is 10.1. The number of nitrogens with one attached hydrogen (secondary N) is 2. The molecular formula is C21H23ClN4O. The zero-order chi connectivity index (χ0) is 19.1. The predicted molar refractivity (Wildman–Crippen MR) is 111 cm³/mol. The number of pyridine rings is 1. The van der Waals surface area contributed by atoms with Crippen LogP contribution in [0.3, 0.4) is 0 Å². The molecule has 0 aliphatic carbocycles. The third-order valence-corrected chi connectivity index (χ3v) is 4.42. The normalized spacial score (nSPS) is 11.4. The topological polar surface area (TPSA) is 58.5 Å². The summed E-state index contributed by atoms with van der Waals surface area (Å²) in [4.78, 5) is 9.08. The molecule has 0 atom stereocenters. The van der Waals surface area contributed by atoms with Crippen molar-refractivity contribution in [3.63, 3.8) is 0 Å². The molecule has 2 N–H and O–H groups in total. The van der Waals surface area contributed by atoms with E-state index in [2.05, 4.69) is 26.7 Å². The average molecular weight is 383 g/mol. The van der Waals surface area contributed by atoms with Crippen LogP contribution in [-0.4, -0.2) is 24.6 Å². The molecule has 0 saturated heterocycles. The van der Waals surface area contributed by atoms with E-state index in [0.29, 0.717) is 18.1 Å². The fourth-order valence-corrected chi connectivity index (χ4v) is 3.01. The van der Waals surface area contributed by atoms with Gasteiger partial charge in [0.2, 0.25) is 0 Å². The van der Waals surface area contributed by atoms with Gasteiger partial charge in [-0.1, -0.05) is 35.9 Å². The van der Waals surface area contributed by atoms with Gasteiger partial charge >= 0.3 is 0 Å². The minimum Gasteiger partial charge on any atom is -0.496 e. The Balaban J connectivity index is 1.74. The number of ether oxygens (including phenoxy) is 1. The average Bonchev–Trinajstić information content (AvgIpc) is 2.70. The van der Waals surface area contributed by atoms with Crippen molar-refractivity contribution >= 4 is 28.5 Å². The van der Waals surface area contributed by atoms with Crippen molar-refractivity contribution < 1.29 is 4.74 Å². The molecule has 0 fully saturated rings. The summed E-state index contributed by atoms with van der Waals surface area (Å²) in [6.45, 7) is 3.97. The number of methoxy groups -OCH3 is 1. The monoisotopic (exact) mass is 382 g/mol. The molecule has 0 spiro atoms. The van der Waals surface area contributed by atoms with E-state index < -0.39 is 0 Å². The van der Waals surface area contributed by atoms with Gasteiger partial charge in [0.1, 0.15) is 5.75 Å². The molecule has 0 saturated carbocycles. The van der Waals surface area contributed by atoms with Crippen LogP contribution >= 0.6 is 11.6 Å². The van der Waals surface area contributed by atoms with Crippen LogP contribution in [0.5, 0.6) is 5.75 Å². The highest BCUT2D eigenvalue weighted by Gasteiger charge is 2.06. The van der Waals surface area contributed by atoms with Crippen molar-refractivity contribution in [1.82, 2.24) is 15.6 Å². The molecule has 0 amide bonds. The van der Waals surface area contributed by atoms with Crippen molar-refractivity contribution in [2.75, 3.05) is 13.7 Å². The lowest BCUT2D eigenvalue weighted by Gasteiger charge is -2.13. The Bertz CT molecular complexity index is 937. The molecule has 3 rings (SSSR count). The van der Waals surface area contributed by atoms with Gasteiger partial charge in [-0.25, -0.2) is 4.99 Å². The van der Waals surface area contributed by atoms with Gasteiger partial charge in [-0.2, -0.15) is 0 Å². The van der Waals surface area contributed by atoms with Crippen molar-refractivity contribution in [2.45, 2.75) is 20.0 Å². The van der Waals surface area contributed by atoms with Crippen LogP contribution in [0.25, 0.3) is 10.9 Å². The molecule has 0 radical (unpaired) electrons. The number of nitrogens with zero attached hydrogens (tertiary/aromatic N) is 2. The van der Waals surface area contributed by atoms with Crippen molar-refractivity contribution in [3.05, 3.63) is 70.9 Å². The van der Waals surface area contributed by atoms with Gasteiger partial charge in [0.15, 0.2) is 5.96 Å². The van der Waals surface area contributed by atoms with E-state index in [0.717, 1.165) is 34.7 Å². The molecule has 6 heteroatoms. The first-order valence-electron chi connectivity index (χ1n) is 8.88. The number of guanidine groups is 1. The first-order valence-corrected chi connectivity index (χ1v) is 9.26. The Morgan fingerprint density at radius 2 is 1.96 bits per heavy atom. The molecule has 3 aromatic rings. The van der Waals surface area contributed by atoms with E-state index in [4.69, 9.17) is 16.3 Å². The van der Waals surface area contributed by atoms with Crippen LogP contribution in [0.1, 0.15) is 18.1 Å². The molecule has 0 bridgehead atoms. The summed E-state index contributed by atoms with van der Waals surface area (Å²) in [5, 5.41) is 8.46. The Morgan fingerprint density at radius 3 is 2.78 bits per heavy atom. The maximum atomic E-state index is 6.03. The second kappa shape index (κ2) is 9.24. The smallest absolute Gasteiger partial charge is 0.191 e. The van der Waals surface area contributed by atoms with Crippen LogP contribution in [0.15, 0.2) is 59.7 Å². The highest BCUT2D eigenvalue weighted by atomic mass is 35.5. The summed E-state index contributed by atoms with van der Waals surface area (Å²) < 4.78 is 5.39. The third-order valence-electron chi connectivity index (χ3n) is 4.19. The Hall–Kier alpha value is -2.79. The number of aliphatic imine (C=N–C) groups is 1. The number of hydrogen-bond donors (Lipinski definition) is 2. The van der Waals surface area contributed by atoms with Gasteiger partial charge in [-0.3, -0.25) is 4.98 Å². The molecule has 0 aliphatic rings. The number of halogens is 1. The van der Waals surface area contributed by atoms with E-state index >= 15 is 0 Å². The van der Waals surface area contributed by atoms with Crippen molar-refractivity contribution in [2.24, 2.45) is 4.99 Å². The number of aromatic nitrogens is 1.